The number of nitrogens with zero attached hydrogens (tertiary/aromatic N) is 2. The van der Waals surface area contributed by atoms with Gasteiger partial charge < -0.3 is 10.4 Å². The summed E-state index contributed by atoms with van der Waals surface area (Å²) in [7, 11) is 0. The molecule has 22 heavy (non-hydrogen) atoms. The van der Waals surface area contributed by atoms with Gasteiger partial charge in [-0.2, -0.15) is 0 Å². The van der Waals surface area contributed by atoms with Crippen LogP contribution < -0.4 is 5.32 Å². The molecule has 6 heteroatoms. The number of nitrogens with one attached hydrogen (secondary N) is 1. The molecule has 2 heterocycles. The van der Waals surface area contributed by atoms with E-state index in [4.69, 9.17) is 16.7 Å². The van der Waals surface area contributed by atoms with Crippen LogP contribution in [0.1, 0.15) is 37.6 Å². The number of thiophene rings is 1. The summed E-state index contributed by atoms with van der Waals surface area (Å²) in [5.74, 6) is 1.46. The van der Waals surface area contributed by atoms with Gasteiger partial charge in [-0.15, -0.1) is 11.3 Å². The van der Waals surface area contributed by atoms with E-state index in [9.17, 15) is 0 Å². The van der Waals surface area contributed by atoms with E-state index in [2.05, 4.69) is 36.1 Å². The fourth-order valence-electron chi connectivity index (χ4n) is 3.19. The first-order valence-corrected chi connectivity index (χ1v) is 8.92. The number of fused-ring (bicyclic) bond motifs is 3. The predicted molar refractivity (Wildman–Crippen MR) is 93.0 cm³/mol. The van der Waals surface area contributed by atoms with Gasteiger partial charge in [0.05, 0.1) is 12.0 Å². The van der Waals surface area contributed by atoms with E-state index >= 15 is 0 Å². The van der Waals surface area contributed by atoms with Crippen molar-refractivity contribution in [2.75, 3.05) is 18.5 Å². The molecular weight excluding hydrogens is 318 g/mol. The molecule has 1 unspecified atom stereocenters. The zero-order valence-corrected chi connectivity index (χ0v) is 14.8. The van der Waals surface area contributed by atoms with Crippen LogP contribution in [0.15, 0.2) is 0 Å². The fraction of sp³-hybridized carbons (Fsp3) is 0.625. The SMILES string of the molecule is CC(C)(C)C1CCc2c(sc3nc(Cl)nc(NCCO)c23)C1. The molecule has 1 aliphatic rings. The van der Waals surface area contributed by atoms with Gasteiger partial charge in [0.2, 0.25) is 5.28 Å². The maximum atomic E-state index is 9.05. The standard InChI is InChI=1S/C16H22ClN3OS/c1-16(2,3)9-4-5-10-11(8-9)22-14-12(10)13(18-6-7-21)19-15(17)20-14/h9,21H,4-8H2,1-3H3,(H,18,19,20). The van der Waals surface area contributed by atoms with Gasteiger partial charge in [-0.05, 0) is 47.8 Å². The van der Waals surface area contributed by atoms with Gasteiger partial charge in [-0.25, -0.2) is 9.97 Å². The van der Waals surface area contributed by atoms with Crippen LogP contribution in [-0.4, -0.2) is 28.2 Å². The normalized spacial score (nSPS) is 18.5. The van der Waals surface area contributed by atoms with Gasteiger partial charge >= 0.3 is 0 Å². The molecule has 4 nitrogen and oxygen atoms in total. The highest BCUT2D eigenvalue weighted by molar-refractivity contribution is 7.19. The Bertz CT molecular complexity index is 693. The van der Waals surface area contributed by atoms with Crippen LogP contribution in [0.25, 0.3) is 10.2 Å². The lowest BCUT2D eigenvalue weighted by Gasteiger charge is -2.33. The number of rotatable bonds is 3. The van der Waals surface area contributed by atoms with Crippen LogP contribution >= 0.6 is 22.9 Å². The third-order valence-electron chi connectivity index (χ3n) is 4.51. The first-order valence-electron chi connectivity index (χ1n) is 7.72. The average Bonchev–Trinajstić information content (AvgIpc) is 2.80. The van der Waals surface area contributed by atoms with Crippen LogP contribution in [0.4, 0.5) is 5.82 Å². The molecule has 2 aromatic heterocycles. The maximum absolute atomic E-state index is 9.05. The molecule has 0 bridgehead atoms. The molecule has 0 saturated heterocycles. The summed E-state index contributed by atoms with van der Waals surface area (Å²) in [4.78, 5) is 11.1. The quantitative estimate of drug-likeness (QED) is 0.833. The molecule has 0 spiro atoms. The number of hydrogen-bond acceptors (Lipinski definition) is 5. The van der Waals surface area contributed by atoms with Crippen molar-refractivity contribution in [3.63, 3.8) is 0 Å². The van der Waals surface area contributed by atoms with Gasteiger partial charge in [-0.3, -0.25) is 0 Å². The molecular formula is C16H22ClN3OS. The largest absolute Gasteiger partial charge is 0.395 e. The Morgan fingerprint density at radius 3 is 2.82 bits per heavy atom. The summed E-state index contributed by atoms with van der Waals surface area (Å²) < 4.78 is 0. The number of aliphatic hydroxyl groups is 1. The zero-order chi connectivity index (χ0) is 15.9. The highest BCUT2D eigenvalue weighted by Crippen LogP contribution is 2.44. The topological polar surface area (TPSA) is 58.0 Å². The molecule has 0 aliphatic heterocycles. The highest BCUT2D eigenvalue weighted by atomic mass is 35.5. The van der Waals surface area contributed by atoms with Gasteiger partial charge in [0, 0.05) is 11.4 Å². The van der Waals surface area contributed by atoms with E-state index in [0.717, 1.165) is 28.9 Å². The van der Waals surface area contributed by atoms with Crippen molar-refractivity contribution in [1.29, 1.82) is 0 Å². The van der Waals surface area contributed by atoms with Crippen LogP contribution in [0, 0.1) is 11.3 Å². The molecule has 0 saturated carbocycles. The van der Waals surface area contributed by atoms with Gasteiger partial charge in [0.1, 0.15) is 10.6 Å². The van der Waals surface area contributed by atoms with E-state index in [-0.39, 0.29) is 11.9 Å². The van der Waals surface area contributed by atoms with Crippen LogP contribution in [0.2, 0.25) is 5.28 Å². The monoisotopic (exact) mass is 339 g/mol. The molecule has 0 fully saturated rings. The molecule has 2 N–H and O–H groups in total. The van der Waals surface area contributed by atoms with Gasteiger partial charge in [0.15, 0.2) is 0 Å². The number of hydrogen-bond donors (Lipinski definition) is 2. The summed E-state index contributed by atoms with van der Waals surface area (Å²) in [6.45, 7) is 7.50. The molecule has 1 aliphatic carbocycles. The Morgan fingerprint density at radius 1 is 1.36 bits per heavy atom. The molecule has 3 rings (SSSR count). The van der Waals surface area contributed by atoms with E-state index in [1.54, 1.807) is 11.3 Å². The first-order chi connectivity index (χ1) is 10.4. The number of aliphatic hydroxyl groups excluding tert-OH is 1. The summed E-state index contributed by atoms with van der Waals surface area (Å²) in [5.41, 5.74) is 1.70. The molecule has 0 radical (unpaired) electrons. The van der Waals surface area contributed by atoms with E-state index in [1.165, 1.54) is 16.9 Å². The lowest BCUT2D eigenvalue weighted by atomic mass is 9.72. The fourth-order valence-corrected chi connectivity index (χ4v) is 4.71. The lowest BCUT2D eigenvalue weighted by molar-refractivity contribution is 0.218. The van der Waals surface area contributed by atoms with E-state index in [1.807, 2.05) is 0 Å². The van der Waals surface area contributed by atoms with Crippen molar-refractivity contribution < 1.29 is 5.11 Å². The van der Waals surface area contributed by atoms with Gasteiger partial charge in [-0.1, -0.05) is 20.8 Å². The number of anilines is 1. The van der Waals surface area contributed by atoms with Crippen molar-refractivity contribution in [2.45, 2.75) is 40.0 Å². The second-order valence-electron chi connectivity index (χ2n) is 6.98. The summed E-state index contributed by atoms with van der Waals surface area (Å²) >= 11 is 7.79. The summed E-state index contributed by atoms with van der Waals surface area (Å²) in [5, 5.41) is 13.6. The Kier molecular flexibility index (Phi) is 4.32. The van der Waals surface area contributed by atoms with Gasteiger partial charge in [0.25, 0.3) is 0 Å². The van der Waals surface area contributed by atoms with Crippen LogP contribution in [0.3, 0.4) is 0 Å². The summed E-state index contributed by atoms with van der Waals surface area (Å²) in [6, 6.07) is 0. The zero-order valence-electron chi connectivity index (χ0n) is 13.2. The predicted octanol–water partition coefficient (Wildman–Crippen LogP) is 3.90. The first kappa shape index (κ1) is 16.0. The van der Waals surface area contributed by atoms with E-state index in [0.29, 0.717) is 17.9 Å². The Balaban J connectivity index is 2.05. The summed E-state index contributed by atoms with van der Waals surface area (Å²) in [6.07, 6.45) is 3.37. The molecule has 2 aromatic rings. The molecule has 0 aromatic carbocycles. The van der Waals surface area contributed by atoms with Crippen LogP contribution in [-0.2, 0) is 12.8 Å². The molecule has 0 amide bonds. The highest BCUT2D eigenvalue weighted by Gasteiger charge is 2.31. The lowest BCUT2D eigenvalue weighted by Crippen LogP contribution is -2.26. The Hall–Kier alpha value is -0.910. The second kappa shape index (κ2) is 5.95. The average molecular weight is 340 g/mol. The second-order valence-corrected chi connectivity index (χ2v) is 8.40. The van der Waals surface area contributed by atoms with Crippen LogP contribution in [0.5, 0.6) is 0 Å². The Morgan fingerprint density at radius 2 is 2.14 bits per heavy atom. The minimum Gasteiger partial charge on any atom is -0.395 e. The van der Waals surface area contributed by atoms with Crippen molar-refractivity contribution in [1.82, 2.24) is 9.97 Å². The van der Waals surface area contributed by atoms with E-state index < -0.39 is 0 Å². The molecule has 120 valence electrons. The number of aromatic nitrogens is 2. The van der Waals surface area contributed by atoms with Crippen molar-refractivity contribution in [2.24, 2.45) is 11.3 Å². The third-order valence-corrected chi connectivity index (χ3v) is 5.83. The van der Waals surface area contributed by atoms with Crippen molar-refractivity contribution >= 4 is 39.0 Å². The number of aryl methyl sites for hydroxylation is 1. The Labute approximate surface area is 139 Å². The minimum absolute atomic E-state index is 0.0710. The number of halogens is 1. The maximum Gasteiger partial charge on any atom is 0.225 e. The minimum atomic E-state index is 0.0710. The van der Waals surface area contributed by atoms with Crippen molar-refractivity contribution in [3.8, 4) is 0 Å². The molecule has 1 atom stereocenters. The van der Waals surface area contributed by atoms with Crippen molar-refractivity contribution in [3.05, 3.63) is 15.7 Å². The smallest absolute Gasteiger partial charge is 0.225 e. The third kappa shape index (κ3) is 2.94.